The van der Waals surface area contributed by atoms with Gasteiger partial charge in [-0.15, -0.1) is 0 Å². The van der Waals surface area contributed by atoms with Gasteiger partial charge < -0.3 is 10.2 Å². The lowest BCUT2D eigenvalue weighted by Gasteiger charge is -2.30. The summed E-state index contributed by atoms with van der Waals surface area (Å²) >= 11 is 0. The van der Waals surface area contributed by atoms with Crippen LogP contribution in [0.5, 0.6) is 0 Å². The van der Waals surface area contributed by atoms with E-state index < -0.39 is 10.0 Å². The zero-order valence-electron chi connectivity index (χ0n) is 17.4. The van der Waals surface area contributed by atoms with Crippen molar-refractivity contribution in [3.63, 3.8) is 0 Å². The standard InChI is InChI=1S/C25H27N3O2S/c29-31(30,25-13-7-12-23(15-25)28-19-22-14-24(28)16-26-22)27(17-20-8-3-1-4-9-20)18-21-10-5-2-6-11-21/h1-13,15,22,24,26H,14,16-19H2. The summed E-state index contributed by atoms with van der Waals surface area (Å²) in [4.78, 5) is 2.70. The fourth-order valence-corrected chi connectivity index (χ4v) is 6.11. The molecule has 0 spiro atoms. The van der Waals surface area contributed by atoms with Crippen molar-refractivity contribution >= 4 is 15.7 Å². The molecule has 3 aromatic rings. The summed E-state index contributed by atoms with van der Waals surface area (Å²) in [6, 6.07) is 28.0. The highest BCUT2D eigenvalue weighted by Crippen LogP contribution is 2.31. The van der Waals surface area contributed by atoms with Gasteiger partial charge in [0.1, 0.15) is 0 Å². The number of rotatable bonds is 7. The van der Waals surface area contributed by atoms with Gasteiger partial charge in [0, 0.05) is 44.0 Å². The Bertz CT molecular complexity index is 1090. The summed E-state index contributed by atoms with van der Waals surface area (Å²) in [6.45, 7) is 2.57. The summed E-state index contributed by atoms with van der Waals surface area (Å²) in [5.41, 5.74) is 2.94. The van der Waals surface area contributed by atoms with Crippen molar-refractivity contribution in [2.45, 2.75) is 36.5 Å². The van der Waals surface area contributed by atoms with Gasteiger partial charge in [-0.2, -0.15) is 4.31 Å². The van der Waals surface area contributed by atoms with Crippen molar-refractivity contribution < 1.29 is 8.42 Å². The lowest BCUT2D eigenvalue weighted by molar-refractivity contribution is 0.401. The molecule has 0 amide bonds. The van der Waals surface area contributed by atoms with E-state index in [4.69, 9.17) is 0 Å². The maximum absolute atomic E-state index is 13.8. The summed E-state index contributed by atoms with van der Waals surface area (Å²) in [6.07, 6.45) is 1.13. The first-order valence-corrected chi connectivity index (χ1v) is 12.2. The molecule has 2 aliphatic heterocycles. The van der Waals surface area contributed by atoms with Crippen molar-refractivity contribution in [1.29, 1.82) is 0 Å². The molecule has 0 aromatic heterocycles. The Morgan fingerprint density at radius 3 is 2.06 bits per heavy atom. The molecule has 2 saturated heterocycles. The molecule has 2 heterocycles. The quantitative estimate of drug-likeness (QED) is 0.618. The topological polar surface area (TPSA) is 52.7 Å². The summed E-state index contributed by atoms with van der Waals surface area (Å²) in [5.74, 6) is 0. The number of piperazine rings is 1. The van der Waals surface area contributed by atoms with E-state index in [2.05, 4.69) is 10.2 Å². The monoisotopic (exact) mass is 433 g/mol. The predicted octanol–water partition coefficient (Wildman–Crippen LogP) is 3.63. The highest BCUT2D eigenvalue weighted by molar-refractivity contribution is 7.89. The Hall–Kier alpha value is -2.67. The van der Waals surface area contributed by atoms with E-state index in [9.17, 15) is 8.42 Å². The second-order valence-corrected chi connectivity index (χ2v) is 10.3. The zero-order valence-corrected chi connectivity index (χ0v) is 18.2. The first kappa shape index (κ1) is 20.2. The van der Waals surface area contributed by atoms with Gasteiger partial charge in [-0.1, -0.05) is 66.7 Å². The molecular weight excluding hydrogens is 406 g/mol. The lowest BCUT2D eigenvalue weighted by Crippen LogP contribution is -2.43. The second-order valence-electron chi connectivity index (χ2n) is 8.39. The Balaban J connectivity index is 1.46. The lowest BCUT2D eigenvalue weighted by atomic mass is 10.2. The SMILES string of the molecule is O=S(=O)(c1cccc(N2CC3CC2CN3)c1)N(Cc1ccccc1)Cc1ccccc1. The molecule has 2 fully saturated rings. The molecule has 2 bridgehead atoms. The molecule has 5 nitrogen and oxygen atoms in total. The van der Waals surface area contributed by atoms with E-state index in [1.807, 2.05) is 78.9 Å². The molecule has 3 aromatic carbocycles. The minimum absolute atomic E-state index is 0.334. The third-order valence-corrected chi connectivity index (χ3v) is 8.03. The molecule has 6 heteroatoms. The fraction of sp³-hybridized carbons (Fsp3) is 0.280. The molecule has 31 heavy (non-hydrogen) atoms. The highest BCUT2D eigenvalue weighted by atomic mass is 32.2. The van der Waals surface area contributed by atoms with E-state index in [1.54, 1.807) is 10.4 Å². The average Bonchev–Trinajstić information content (AvgIpc) is 3.44. The smallest absolute Gasteiger partial charge is 0.243 e. The van der Waals surface area contributed by atoms with Crippen LogP contribution >= 0.6 is 0 Å². The molecule has 2 atom stereocenters. The van der Waals surface area contributed by atoms with Gasteiger partial charge in [-0.05, 0) is 35.7 Å². The summed E-state index contributed by atoms with van der Waals surface area (Å²) in [5, 5.41) is 3.51. The molecule has 0 saturated carbocycles. The zero-order chi connectivity index (χ0) is 21.3. The van der Waals surface area contributed by atoms with Crippen molar-refractivity contribution in [1.82, 2.24) is 9.62 Å². The van der Waals surface area contributed by atoms with Gasteiger partial charge in [-0.25, -0.2) is 8.42 Å². The summed E-state index contributed by atoms with van der Waals surface area (Å²) in [7, 11) is -3.67. The third kappa shape index (κ3) is 4.24. The Morgan fingerprint density at radius 2 is 1.52 bits per heavy atom. The van der Waals surface area contributed by atoms with Gasteiger partial charge in [-0.3, -0.25) is 0 Å². The first-order chi connectivity index (χ1) is 15.1. The summed E-state index contributed by atoms with van der Waals surface area (Å²) < 4.78 is 29.1. The number of hydrogen-bond acceptors (Lipinski definition) is 4. The van der Waals surface area contributed by atoms with Crippen LogP contribution in [0.25, 0.3) is 0 Å². The fourth-order valence-electron chi connectivity index (χ4n) is 4.65. The molecule has 2 aliphatic rings. The molecule has 160 valence electrons. The molecule has 2 unspecified atom stereocenters. The van der Waals surface area contributed by atoms with Crippen LogP contribution in [0, 0.1) is 0 Å². The van der Waals surface area contributed by atoms with Crippen LogP contribution in [0.4, 0.5) is 5.69 Å². The number of nitrogens with one attached hydrogen (secondary N) is 1. The van der Waals surface area contributed by atoms with E-state index in [1.165, 1.54) is 0 Å². The van der Waals surface area contributed by atoms with Crippen LogP contribution in [0.2, 0.25) is 0 Å². The van der Waals surface area contributed by atoms with Crippen LogP contribution in [-0.2, 0) is 23.1 Å². The maximum Gasteiger partial charge on any atom is 0.243 e. The molecule has 0 radical (unpaired) electrons. The second kappa shape index (κ2) is 8.46. The van der Waals surface area contributed by atoms with E-state index in [0.29, 0.717) is 30.1 Å². The number of hydrogen-bond donors (Lipinski definition) is 1. The predicted molar refractivity (Wildman–Crippen MR) is 123 cm³/mol. The van der Waals surface area contributed by atoms with Crippen LogP contribution in [0.3, 0.4) is 0 Å². The number of benzene rings is 3. The third-order valence-electron chi connectivity index (χ3n) is 6.25. The number of nitrogens with zero attached hydrogens (tertiary/aromatic N) is 2. The minimum Gasteiger partial charge on any atom is -0.366 e. The molecule has 1 N–H and O–H groups in total. The van der Waals surface area contributed by atoms with Crippen molar-refractivity contribution in [2.24, 2.45) is 0 Å². The Morgan fingerprint density at radius 1 is 0.871 bits per heavy atom. The largest absolute Gasteiger partial charge is 0.366 e. The van der Waals surface area contributed by atoms with Crippen LogP contribution in [0.1, 0.15) is 17.5 Å². The van der Waals surface area contributed by atoms with Crippen LogP contribution < -0.4 is 10.2 Å². The van der Waals surface area contributed by atoms with Gasteiger partial charge in [0.05, 0.1) is 4.90 Å². The van der Waals surface area contributed by atoms with E-state index >= 15 is 0 Å². The molecule has 0 aliphatic carbocycles. The molecule has 5 rings (SSSR count). The van der Waals surface area contributed by atoms with Crippen molar-refractivity contribution in [2.75, 3.05) is 18.0 Å². The Kier molecular flexibility index (Phi) is 5.52. The maximum atomic E-state index is 13.8. The van der Waals surface area contributed by atoms with Gasteiger partial charge >= 0.3 is 0 Å². The van der Waals surface area contributed by atoms with Gasteiger partial charge in [0.15, 0.2) is 0 Å². The van der Waals surface area contributed by atoms with Crippen molar-refractivity contribution in [3.05, 3.63) is 96.1 Å². The number of sulfonamides is 1. The highest BCUT2D eigenvalue weighted by Gasteiger charge is 2.38. The van der Waals surface area contributed by atoms with E-state index in [0.717, 1.165) is 36.3 Å². The Labute approximate surface area is 184 Å². The van der Waals surface area contributed by atoms with Gasteiger partial charge in [0.2, 0.25) is 10.0 Å². The minimum atomic E-state index is -3.67. The average molecular weight is 434 g/mol. The van der Waals surface area contributed by atoms with Crippen molar-refractivity contribution in [3.8, 4) is 0 Å². The number of fused-ring (bicyclic) bond motifs is 2. The normalized spacial score (nSPS) is 20.5. The van der Waals surface area contributed by atoms with Gasteiger partial charge in [0.25, 0.3) is 0 Å². The van der Waals surface area contributed by atoms with Crippen LogP contribution in [0.15, 0.2) is 89.8 Å². The van der Waals surface area contributed by atoms with Crippen LogP contribution in [-0.4, -0.2) is 37.9 Å². The molecular formula is C25H27N3O2S. The number of anilines is 1. The van der Waals surface area contributed by atoms with E-state index in [-0.39, 0.29) is 0 Å². The first-order valence-electron chi connectivity index (χ1n) is 10.8.